The molecule has 0 spiro atoms. The summed E-state index contributed by atoms with van der Waals surface area (Å²) in [6.07, 6.45) is 0. The molecule has 9 heteroatoms. The molecule has 7 nitrogen and oxygen atoms in total. The smallest absolute Gasteiger partial charge is 0.256 e. The van der Waals surface area contributed by atoms with E-state index < -0.39 is 11.9 Å². The number of carboxylic acids is 1. The van der Waals surface area contributed by atoms with Crippen LogP contribution in [0.5, 0.6) is 0 Å². The number of aliphatic imine (C=N–C) groups is 1. The molecule has 0 bridgehead atoms. The van der Waals surface area contributed by atoms with Crippen LogP contribution in [-0.4, -0.2) is 28.4 Å². The summed E-state index contributed by atoms with van der Waals surface area (Å²) >= 11 is 3.16. The molecule has 0 aliphatic carbocycles. The third-order valence-corrected chi connectivity index (χ3v) is 7.08. The summed E-state index contributed by atoms with van der Waals surface area (Å²) < 4.78 is 1.84. The molecule has 1 amide bonds. The highest BCUT2D eigenvalue weighted by Gasteiger charge is 2.19. The SMILES string of the molecule is O=C([O-])c1ccccc1C(=O)Nc1ccc2nc(SCC3=Nc4ccccc4[NH2+]3)sc2c1. The zero-order chi connectivity index (χ0) is 22.1. The predicted octanol–water partition coefficient (Wildman–Crippen LogP) is 2.94. The van der Waals surface area contributed by atoms with E-state index in [2.05, 4.69) is 26.7 Å². The number of thioether (sulfide) groups is 1. The van der Waals surface area contributed by atoms with Crippen molar-refractivity contribution in [1.82, 2.24) is 4.98 Å². The average molecular weight is 461 g/mol. The molecule has 32 heavy (non-hydrogen) atoms. The van der Waals surface area contributed by atoms with Gasteiger partial charge in [-0.2, -0.15) is 4.99 Å². The van der Waals surface area contributed by atoms with E-state index in [9.17, 15) is 14.7 Å². The molecule has 1 aliphatic heterocycles. The fourth-order valence-electron chi connectivity index (χ4n) is 3.39. The monoisotopic (exact) mass is 460 g/mol. The highest BCUT2D eigenvalue weighted by atomic mass is 32.2. The molecule has 158 valence electrons. The molecule has 0 atom stereocenters. The lowest BCUT2D eigenvalue weighted by Gasteiger charge is -2.10. The van der Waals surface area contributed by atoms with Crippen LogP contribution in [-0.2, 0) is 0 Å². The van der Waals surface area contributed by atoms with Gasteiger partial charge in [-0.15, -0.1) is 11.3 Å². The summed E-state index contributed by atoms with van der Waals surface area (Å²) in [5, 5.41) is 16.1. The van der Waals surface area contributed by atoms with Gasteiger partial charge < -0.3 is 15.2 Å². The number of carbonyl (C=O) groups is 2. The zero-order valence-corrected chi connectivity index (χ0v) is 18.2. The highest BCUT2D eigenvalue weighted by Crippen LogP contribution is 2.32. The van der Waals surface area contributed by atoms with Gasteiger partial charge >= 0.3 is 0 Å². The van der Waals surface area contributed by atoms with Gasteiger partial charge in [0.25, 0.3) is 5.91 Å². The van der Waals surface area contributed by atoms with E-state index in [-0.39, 0.29) is 11.1 Å². The average Bonchev–Trinajstić information content (AvgIpc) is 3.40. The van der Waals surface area contributed by atoms with E-state index in [0.717, 1.165) is 37.5 Å². The number of para-hydroxylation sites is 2. The van der Waals surface area contributed by atoms with Crippen molar-refractivity contribution in [2.24, 2.45) is 4.99 Å². The molecule has 0 radical (unpaired) electrons. The van der Waals surface area contributed by atoms with Crippen molar-refractivity contribution in [3.8, 4) is 0 Å². The van der Waals surface area contributed by atoms with E-state index in [1.54, 1.807) is 30.0 Å². The quantitative estimate of drug-likeness (QED) is 0.339. The highest BCUT2D eigenvalue weighted by molar-refractivity contribution is 8.01. The van der Waals surface area contributed by atoms with Crippen LogP contribution >= 0.6 is 23.1 Å². The lowest BCUT2D eigenvalue weighted by molar-refractivity contribution is -0.438. The normalized spacial score (nSPS) is 12.4. The Balaban J connectivity index is 1.28. The fraction of sp³-hybridized carbons (Fsp3) is 0.0435. The molecule has 1 aliphatic rings. The number of benzene rings is 3. The van der Waals surface area contributed by atoms with E-state index in [0.29, 0.717) is 5.69 Å². The van der Waals surface area contributed by atoms with Crippen molar-refractivity contribution in [2.75, 3.05) is 11.1 Å². The number of nitrogens with zero attached hydrogens (tertiary/aromatic N) is 2. The number of carboxylic acid groups (broad SMARTS) is 1. The second kappa shape index (κ2) is 8.54. The number of hydrogen-bond acceptors (Lipinski definition) is 7. The van der Waals surface area contributed by atoms with E-state index >= 15 is 0 Å². The maximum atomic E-state index is 12.6. The number of hydrogen-bond donors (Lipinski definition) is 2. The summed E-state index contributed by atoms with van der Waals surface area (Å²) in [5.74, 6) is -0.159. The van der Waals surface area contributed by atoms with Gasteiger partial charge in [-0.3, -0.25) is 10.1 Å². The van der Waals surface area contributed by atoms with Crippen LogP contribution in [0, 0.1) is 0 Å². The van der Waals surface area contributed by atoms with Crippen molar-refractivity contribution in [3.63, 3.8) is 0 Å². The number of amides is 1. The van der Waals surface area contributed by atoms with Crippen LogP contribution in [0.15, 0.2) is 76.1 Å². The van der Waals surface area contributed by atoms with Gasteiger partial charge in [-0.25, -0.2) is 4.98 Å². The standard InChI is InChI=1S/C23H16N4O3S2/c28-21(14-5-1-2-6-15(14)22(29)30)24-13-9-10-18-19(11-13)32-23(27-18)31-12-20-25-16-7-3-4-8-17(16)26-20/h1-11H,12H2,(H,24,28)(H,25,26)(H,29,30). The van der Waals surface area contributed by atoms with Crippen LogP contribution in [0.1, 0.15) is 20.7 Å². The molecular formula is C23H16N4O3S2. The number of rotatable bonds is 6. The molecule has 3 N–H and O–H groups in total. The Labute approximate surface area is 191 Å². The fourth-order valence-corrected chi connectivity index (χ4v) is 5.39. The molecule has 2 heterocycles. The van der Waals surface area contributed by atoms with Crippen LogP contribution in [0.2, 0.25) is 0 Å². The van der Waals surface area contributed by atoms with Gasteiger partial charge in [-0.1, -0.05) is 42.1 Å². The Kier molecular flexibility index (Phi) is 5.44. The third kappa shape index (κ3) is 4.13. The molecule has 0 unspecified atom stereocenters. The summed E-state index contributed by atoms with van der Waals surface area (Å²) in [4.78, 5) is 33.1. The second-order valence-corrected chi connectivity index (χ2v) is 9.30. The van der Waals surface area contributed by atoms with Crippen molar-refractivity contribution >= 4 is 68.1 Å². The second-order valence-electron chi connectivity index (χ2n) is 7.04. The first kappa shape index (κ1) is 20.4. The molecule has 0 fully saturated rings. The van der Waals surface area contributed by atoms with Gasteiger partial charge in [0, 0.05) is 22.9 Å². The van der Waals surface area contributed by atoms with E-state index in [1.165, 1.54) is 23.5 Å². The Morgan fingerprint density at radius 2 is 1.81 bits per heavy atom. The van der Waals surface area contributed by atoms with Crippen LogP contribution in [0.3, 0.4) is 0 Å². The predicted molar refractivity (Wildman–Crippen MR) is 124 cm³/mol. The lowest BCUT2D eigenvalue weighted by Crippen LogP contribution is -2.81. The molecular weight excluding hydrogens is 444 g/mol. The first-order chi connectivity index (χ1) is 15.6. The van der Waals surface area contributed by atoms with Crippen molar-refractivity contribution in [2.45, 2.75) is 4.34 Å². The number of fused-ring (bicyclic) bond motifs is 2. The lowest BCUT2D eigenvalue weighted by atomic mass is 10.1. The Morgan fingerprint density at radius 1 is 1.03 bits per heavy atom. The minimum atomic E-state index is -1.39. The van der Waals surface area contributed by atoms with Crippen LogP contribution in [0.25, 0.3) is 10.2 Å². The largest absolute Gasteiger partial charge is 0.545 e. The minimum absolute atomic E-state index is 0.0581. The Hall–Kier alpha value is -3.53. The first-order valence-corrected chi connectivity index (χ1v) is 11.5. The molecule has 0 saturated carbocycles. The van der Waals surface area contributed by atoms with E-state index in [4.69, 9.17) is 0 Å². The van der Waals surface area contributed by atoms with E-state index in [1.807, 2.05) is 30.3 Å². The molecule has 1 aromatic heterocycles. The number of anilines is 1. The zero-order valence-electron chi connectivity index (χ0n) is 16.6. The minimum Gasteiger partial charge on any atom is -0.545 e. The number of thiazole rings is 1. The van der Waals surface area contributed by atoms with Crippen molar-refractivity contribution in [1.29, 1.82) is 0 Å². The van der Waals surface area contributed by atoms with Gasteiger partial charge in [0.05, 0.1) is 21.9 Å². The topological polar surface area (TPSA) is 111 Å². The number of aromatic carboxylic acids is 1. The van der Waals surface area contributed by atoms with Crippen LogP contribution < -0.4 is 15.7 Å². The summed E-state index contributed by atoms with van der Waals surface area (Å²) in [5.41, 5.74) is 3.45. The van der Waals surface area contributed by atoms with Gasteiger partial charge in [0.15, 0.2) is 10.0 Å². The maximum Gasteiger partial charge on any atom is 0.256 e. The van der Waals surface area contributed by atoms with Gasteiger partial charge in [0.2, 0.25) is 5.84 Å². The van der Waals surface area contributed by atoms with Gasteiger partial charge in [0.1, 0.15) is 5.69 Å². The molecule has 3 aromatic carbocycles. The first-order valence-electron chi connectivity index (χ1n) is 9.73. The number of amidine groups is 1. The molecule has 4 aromatic rings. The van der Waals surface area contributed by atoms with Crippen LogP contribution in [0.4, 0.5) is 17.1 Å². The summed E-state index contributed by atoms with van der Waals surface area (Å²) in [6.45, 7) is 0. The number of quaternary nitrogens is 1. The van der Waals surface area contributed by atoms with Crippen molar-refractivity contribution in [3.05, 3.63) is 77.9 Å². The molecule has 0 saturated heterocycles. The maximum absolute atomic E-state index is 12.6. The summed E-state index contributed by atoms with van der Waals surface area (Å²) in [7, 11) is 0. The number of carbonyl (C=O) groups excluding carboxylic acids is 2. The third-order valence-electron chi connectivity index (χ3n) is 4.88. The van der Waals surface area contributed by atoms with Crippen molar-refractivity contribution < 1.29 is 20.0 Å². The number of nitrogens with two attached hydrogens (primary N) is 1. The Morgan fingerprint density at radius 3 is 2.62 bits per heavy atom. The summed E-state index contributed by atoms with van der Waals surface area (Å²) in [6, 6.07) is 19.4. The number of nitrogens with one attached hydrogen (secondary N) is 1. The number of aromatic nitrogens is 1. The Bertz CT molecular complexity index is 1400. The van der Waals surface area contributed by atoms with Gasteiger partial charge in [-0.05, 0) is 30.3 Å². The molecule has 5 rings (SSSR count).